The van der Waals surface area contributed by atoms with Crippen molar-refractivity contribution in [1.82, 2.24) is 10.2 Å². The van der Waals surface area contributed by atoms with Crippen molar-refractivity contribution in [3.8, 4) is 0 Å². The number of hydrogen-bond acceptors (Lipinski definition) is 2. The van der Waals surface area contributed by atoms with Crippen LogP contribution < -0.4 is 5.32 Å². The zero-order valence-electron chi connectivity index (χ0n) is 12.6. The molecule has 0 spiro atoms. The molecule has 3 fully saturated rings. The van der Waals surface area contributed by atoms with Crippen LogP contribution in [0.4, 0.5) is 0 Å². The number of rotatable bonds is 7. The zero-order chi connectivity index (χ0) is 12.9. The Hall–Kier alpha value is -0.0800. The molecule has 0 aromatic carbocycles. The lowest BCUT2D eigenvalue weighted by atomic mass is 9.87. The molecule has 1 unspecified atom stereocenters. The van der Waals surface area contributed by atoms with Crippen LogP contribution in [-0.2, 0) is 0 Å². The first kappa shape index (κ1) is 13.9. The van der Waals surface area contributed by atoms with Gasteiger partial charge in [-0.15, -0.1) is 0 Å². The Morgan fingerprint density at radius 3 is 2.32 bits per heavy atom. The maximum absolute atomic E-state index is 3.68. The summed E-state index contributed by atoms with van der Waals surface area (Å²) in [5, 5.41) is 3.68. The molecule has 0 amide bonds. The third-order valence-electron chi connectivity index (χ3n) is 5.43. The van der Waals surface area contributed by atoms with E-state index in [2.05, 4.69) is 10.2 Å². The third kappa shape index (κ3) is 4.75. The molecule has 1 saturated heterocycles. The number of nitrogens with zero attached hydrogens (tertiary/aromatic N) is 1. The van der Waals surface area contributed by atoms with E-state index >= 15 is 0 Å². The van der Waals surface area contributed by atoms with Gasteiger partial charge in [0, 0.05) is 19.1 Å². The van der Waals surface area contributed by atoms with Gasteiger partial charge in [0.15, 0.2) is 0 Å². The lowest BCUT2D eigenvalue weighted by Crippen LogP contribution is -2.39. The number of nitrogens with one attached hydrogen (secondary N) is 1. The van der Waals surface area contributed by atoms with E-state index in [9.17, 15) is 0 Å². The molecule has 0 aromatic rings. The van der Waals surface area contributed by atoms with Crippen LogP contribution in [0, 0.1) is 11.8 Å². The second-order valence-corrected chi connectivity index (χ2v) is 7.29. The summed E-state index contributed by atoms with van der Waals surface area (Å²) in [4.78, 5) is 2.80. The van der Waals surface area contributed by atoms with E-state index in [1.54, 1.807) is 0 Å². The summed E-state index contributed by atoms with van der Waals surface area (Å²) in [7, 11) is 0. The summed E-state index contributed by atoms with van der Waals surface area (Å²) in [6, 6.07) is 0.796. The molecular formula is C17H32N2. The van der Waals surface area contributed by atoms with Crippen LogP contribution in [0.15, 0.2) is 0 Å². The largest absolute Gasteiger partial charge is 0.313 e. The van der Waals surface area contributed by atoms with E-state index in [-0.39, 0.29) is 0 Å². The second kappa shape index (κ2) is 7.08. The van der Waals surface area contributed by atoms with Gasteiger partial charge in [-0.1, -0.05) is 32.1 Å². The molecule has 0 radical (unpaired) electrons. The normalized spacial score (nSPS) is 29.2. The van der Waals surface area contributed by atoms with E-state index in [0.29, 0.717) is 0 Å². The summed E-state index contributed by atoms with van der Waals surface area (Å²) in [6.45, 7) is 5.35. The molecule has 110 valence electrons. The van der Waals surface area contributed by atoms with Gasteiger partial charge >= 0.3 is 0 Å². The van der Waals surface area contributed by atoms with Crippen LogP contribution in [-0.4, -0.2) is 37.1 Å². The smallest absolute Gasteiger partial charge is 0.0195 e. The highest BCUT2D eigenvalue weighted by Gasteiger charge is 2.26. The Bertz CT molecular complexity index is 250. The van der Waals surface area contributed by atoms with Gasteiger partial charge in [0.05, 0.1) is 0 Å². The third-order valence-corrected chi connectivity index (χ3v) is 5.43. The maximum Gasteiger partial charge on any atom is 0.0195 e. The average molecular weight is 264 g/mol. The Morgan fingerprint density at radius 2 is 1.63 bits per heavy atom. The highest BCUT2D eigenvalue weighted by Crippen LogP contribution is 2.31. The molecule has 0 aromatic heterocycles. The molecule has 2 saturated carbocycles. The summed E-state index contributed by atoms with van der Waals surface area (Å²) < 4.78 is 0. The first-order valence-electron chi connectivity index (χ1n) is 8.86. The molecule has 1 N–H and O–H groups in total. The summed E-state index contributed by atoms with van der Waals surface area (Å²) in [5.41, 5.74) is 0. The Morgan fingerprint density at radius 1 is 0.789 bits per heavy atom. The topological polar surface area (TPSA) is 15.3 Å². The van der Waals surface area contributed by atoms with Crippen molar-refractivity contribution < 1.29 is 0 Å². The quantitative estimate of drug-likeness (QED) is 0.758. The van der Waals surface area contributed by atoms with Gasteiger partial charge in [-0.2, -0.15) is 0 Å². The van der Waals surface area contributed by atoms with Crippen molar-refractivity contribution in [3.05, 3.63) is 0 Å². The molecule has 3 aliphatic rings. The van der Waals surface area contributed by atoms with Gasteiger partial charge in [0.25, 0.3) is 0 Å². The molecule has 2 aliphatic carbocycles. The minimum Gasteiger partial charge on any atom is -0.313 e. The predicted molar refractivity (Wildman–Crippen MR) is 81.4 cm³/mol. The fourth-order valence-corrected chi connectivity index (χ4v) is 3.99. The Labute approximate surface area is 119 Å². The van der Waals surface area contributed by atoms with Crippen molar-refractivity contribution >= 4 is 0 Å². The molecule has 0 bridgehead atoms. The van der Waals surface area contributed by atoms with Crippen molar-refractivity contribution in [2.45, 2.75) is 70.3 Å². The molecule has 19 heavy (non-hydrogen) atoms. The van der Waals surface area contributed by atoms with Crippen LogP contribution in [0.3, 0.4) is 0 Å². The molecule has 1 aliphatic heterocycles. The van der Waals surface area contributed by atoms with Gasteiger partial charge in [0.1, 0.15) is 0 Å². The highest BCUT2D eigenvalue weighted by molar-refractivity contribution is 4.83. The second-order valence-electron chi connectivity index (χ2n) is 7.29. The van der Waals surface area contributed by atoms with Crippen LogP contribution in [0.25, 0.3) is 0 Å². The van der Waals surface area contributed by atoms with Gasteiger partial charge in [-0.3, -0.25) is 0 Å². The van der Waals surface area contributed by atoms with Gasteiger partial charge < -0.3 is 10.2 Å². The van der Waals surface area contributed by atoms with Crippen LogP contribution in [0.5, 0.6) is 0 Å². The van der Waals surface area contributed by atoms with Gasteiger partial charge in [-0.05, 0) is 57.0 Å². The van der Waals surface area contributed by atoms with Crippen LogP contribution in [0.2, 0.25) is 0 Å². The Kier molecular flexibility index (Phi) is 5.17. The zero-order valence-corrected chi connectivity index (χ0v) is 12.6. The van der Waals surface area contributed by atoms with E-state index in [0.717, 1.165) is 17.9 Å². The molecule has 1 heterocycles. The molecule has 1 atom stereocenters. The lowest BCUT2D eigenvalue weighted by Gasteiger charge is -2.29. The van der Waals surface area contributed by atoms with Crippen molar-refractivity contribution in [1.29, 1.82) is 0 Å². The Balaban J connectivity index is 1.41. The maximum atomic E-state index is 3.68. The standard InChI is InChI=1S/C17H32N2/c1-2-5-15(6-3-1)10-12-19(13-16-8-9-16)14-17-7-4-11-18-17/h15-18H,1-14H2. The molecule has 3 rings (SSSR count). The van der Waals surface area contributed by atoms with E-state index in [1.165, 1.54) is 90.4 Å². The molecule has 2 heteroatoms. The van der Waals surface area contributed by atoms with Crippen LogP contribution >= 0.6 is 0 Å². The van der Waals surface area contributed by atoms with E-state index < -0.39 is 0 Å². The summed E-state index contributed by atoms with van der Waals surface area (Å²) in [6.07, 6.45) is 14.8. The average Bonchev–Trinajstić information content (AvgIpc) is 3.11. The first-order valence-corrected chi connectivity index (χ1v) is 8.86. The lowest BCUT2D eigenvalue weighted by molar-refractivity contribution is 0.209. The first-order chi connectivity index (χ1) is 9.40. The summed E-state index contributed by atoms with van der Waals surface area (Å²) >= 11 is 0. The molecule has 2 nitrogen and oxygen atoms in total. The van der Waals surface area contributed by atoms with Crippen molar-refractivity contribution in [2.24, 2.45) is 11.8 Å². The highest BCUT2D eigenvalue weighted by atomic mass is 15.2. The minimum absolute atomic E-state index is 0.796. The van der Waals surface area contributed by atoms with E-state index in [1.807, 2.05) is 0 Å². The van der Waals surface area contributed by atoms with Gasteiger partial charge in [-0.25, -0.2) is 0 Å². The van der Waals surface area contributed by atoms with Crippen molar-refractivity contribution in [3.63, 3.8) is 0 Å². The van der Waals surface area contributed by atoms with Gasteiger partial charge in [0.2, 0.25) is 0 Å². The SMILES string of the molecule is C1CCC(CCN(CC2CC2)CC2CCCN2)CC1. The minimum atomic E-state index is 0.796. The van der Waals surface area contributed by atoms with Crippen molar-refractivity contribution in [2.75, 3.05) is 26.2 Å². The molecular weight excluding hydrogens is 232 g/mol. The predicted octanol–water partition coefficient (Wildman–Crippen LogP) is 3.42. The monoisotopic (exact) mass is 264 g/mol. The fraction of sp³-hybridized carbons (Fsp3) is 1.00. The van der Waals surface area contributed by atoms with Crippen LogP contribution in [0.1, 0.15) is 64.2 Å². The number of hydrogen-bond donors (Lipinski definition) is 1. The fourth-order valence-electron chi connectivity index (χ4n) is 3.99. The summed E-state index contributed by atoms with van der Waals surface area (Å²) in [5.74, 6) is 2.10. The van der Waals surface area contributed by atoms with E-state index in [4.69, 9.17) is 0 Å².